The van der Waals surface area contributed by atoms with E-state index in [4.69, 9.17) is 9.47 Å². The van der Waals surface area contributed by atoms with Crippen molar-refractivity contribution in [2.75, 3.05) is 19.7 Å². The molecule has 0 saturated heterocycles. The lowest BCUT2D eigenvalue weighted by atomic mass is 10.2. The van der Waals surface area contributed by atoms with Crippen LogP contribution in [0.1, 0.15) is 10.4 Å². The molecular formula is C18H17FN2O4. The van der Waals surface area contributed by atoms with Gasteiger partial charge in [-0.3, -0.25) is 9.59 Å². The summed E-state index contributed by atoms with van der Waals surface area (Å²) >= 11 is 0. The van der Waals surface area contributed by atoms with E-state index < -0.39 is 11.7 Å². The van der Waals surface area contributed by atoms with E-state index in [1.54, 1.807) is 6.07 Å². The van der Waals surface area contributed by atoms with Crippen LogP contribution >= 0.6 is 0 Å². The van der Waals surface area contributed by atoms with E-state index in [9.17, 15) is 14.0 Å². The van der Waals surface area contributed by atoms with E-state index in [0.717, 1.165) is 0 Å². The molecule has 1 heterocycles. The second-order valence-electron chi connectivity index (χ2n) is 5.49. The monoisotopic (exact) mass is 344 g/mol. The number of ether oxygens (including phenoxy) is 2. The molecule has 2 aromatic carbocycles. The first-order valence-corrected chi connectivity index (χ1v) is 7.81. The van der Waals surface area contributed by atoms with Gasteiger partial charge in [0.2, 0.25) is 5.91 Å². The van der Waals surface area contributed by atoms with Crippen molar-refractivity contribution in [1.29, 1.82) is 0 Å². The van der Waals surface area contributed by atoms with Gasteiger partial charge in [-0.2, -0.15) is 0 Å². The van der Waals surface area contributed by atoms with E-state index in [2.05, 4.69) is 10.6 Å². The summed E-state index contributed by atoms with van der Waals surface area (Å²) in [5, 5.41) is 5.16. The maximum atomic E-state index is 12.8. The normalized spacial score (nSPS) is 15.3. The molecule has 1 atom stereocenters. The summed E-state index contributed by atoms with van der Waals surface area (Å²) in [6.45, 7) is 0.416. The van der Waals surface area contributed by atoms with Crippen LogP contribution in [0.4, 0.5) is 4.39 Å². The number of amides is 2. The van der Waals surface area contributed by atoms with Crippen LogP contribution in [0.2, 0.25) is 0 Å². The molecule has 0 bridgehead atoms. The van der Waals surface area contributed by atoms with E-state index in [-0.39, 0.29) is 30.7 Å². The van der Waals surface area contributed by atoms with Crippen molar-refractivity contribution >= 4 is 11.8 Å². The minimum atomic E-state index is -0.443. The van der Waals surface area contributed by atoms with Crippen molar-refractivity contribution < 1.29 is 23.5 Å². The number of para-hydroxylation sites is 2. The van der Waals surface area contributed by atoms with Gasteiger partial charge >= 0.3 is 0 Å². The van der Waals surface area contributed by atoms with Gasteiger partial charge in [-0.25, -0.2) is 4.39 Å². The Bertz CT molecular complexity index is 764. The smallest absolute Gasteiger partial charge is 0.251 e. The highest BCUT2D eigenvalue weighted by molar-refractivity contribution is 5.96. The SMILES string of the molecule is O=C(CNC(=O)c1ccc(F)cc1)NCC1COc2ccccc2O1. The Hall–Kier alpha value is -3.09. The third kappa shape index (κ3) is 4.47. The molecule has 6 nitrogen and oxygen atoms in total. The van der Waals surface area contributed by atoms with E-state index in [0.29, 0.717) is 18.1 Å². The second-order valence-corrected chi connectivity index (χ2v) is 5.49. The molecule has 0 aliphatic carbocycles. The molecule has 0 saturated carbocycles. The predicted molar refractivity (Wildman–Crippen MR) is 88.1 cm³/mol. The maximum absolute atomic E-state index is 12.8. The maximum Gasteiger partial charge on any atom is 0.251 e. The van der Waals surface area contributed by atoms with Gasteiger partial charge in [0.1, 0.15) is 18.5 Å². The van der Waals surface area contributed by atoms with Crippen molar-refractivity contribution in [3.63, 3.8) is 0 Å². The molecule has 0 spiro atoms. The minimum absolute atomic E-state index is 0.180. The molecule has 0 radical (unpaired) electrons. The Morgan fingerprint density at radius 2 is 1.76 bits per heavy atom. The van der Waals surface area contributed by atoms with E-state index >= 15 is 0 Å². The van der Waals surface area contributed by atoms with Gasteiger partial charge in [0, 0.05) is 5.56 Å². The number of nitrogens with one attached hydrogen (secondary N) is 2. The third-order valence-corrected chi connectivity index (χ3v) is 3.61. The number of fused-ring (bicyclic) bond motifs is 1. The van der Waals surface area contributed by atoms with Crippen LogP contribution in [0.3, 0.4) is 0 Å². The van der Waals surface area contributed by atoms with Crippen LogP contribution in [-0.2, 0) is 4.79 Å². The molecule has 0 aromatic heterocycles. The Labute approximate surface area is 143 Å². The molecular weight excluding hydrogens is 327 g/mol. The fourth-order valence-electron chi connectivity index (χ4n) is 2.32. The Morgan fingerprint density at radius 1 is 1.04 bits per heavy atom. The van der Waals surface area contributed by atoms with Crippen molar-refractivity contribution in [2.45, 2.75) is 6.10 Å². The largest absolute Gasteiger partial charge is 0.486 e. The number of rotatable bonds is 5. The highest BCUT2D eigenvalue weighted by Gasteiger charge is 2.21. The summed E-state index contributed by atoms with van der Waals surface area (Å²) in [5.41, 5.74) is 0.287. The first-order chi connectivity index (χ1) is 12.1. The Kier molecular flexibility index (Phi) is 5.13. The van der Waals surface area contributed by atoms with Crippen molar-refractivity contribution in [3.8, 4) is 11.5 Å². The zero-order valence-corrected chi connectivity index (χ0v) is 13.3. The number of halogens is 1. The first-order valence-electron chi connectivity index (χ1n) is 7.81. The number of hydrogen-bond acceptors (Lipinski definition) is 4. The Balaban J connectivity index is 1.41. The average molecular weight is 344 g/mol. The Morgan fingerprint density at radius 3 is 2.52 bits per heavy atom. The summed E-state index contributed by atoms with van der Waals surface area (Å²) in [4.78, 5) is 23.7. The summed E-state index contributed by atoms with van der Waals surface area (Å²) in [5.74, 6) is 0.0964. The van der Waals surface area contributed by atoms with Gasteiger partial charge in [0.25, 0.3) is 5.91 Å². The second kappa shape index (κ2) is 7.65. The number of benzene rings is 2. The summed E-state index contributed by atoms with van der Waals surface area (Å²) in [6, 6.07) is 12.4. The number of carbonyl (C=O) groups is 2. The quantitative estimate of drug-likeness (QED) is 0.862. The van der Waals surface area contributed by atoms with Gasteiger partial charge in [-0.15, -0.1) is 0 Å². The number of carbonyl (C=O) groups excluding carboxylic acids is 2. The standard InChI is InChI=1S/C18H17FN2O4/c19-13-7-5-12(6-8-13)18(23)21-10-17(22)20-9-14-11-24-15-3-1-2-4-16(15)25-14/h1-8,14H,9-11H2,(H,20,22)(H,21,23). The molecule has 3 rings (SSSR count). The van der Waals surface area contributed by atoms with Gasteiger partial charge in [0.05, 0.1) is 13.1 Å². The van der Waals surface area contributed by atoms with E-state index in [1.165, 1.54) is 24.3 Å². The van der Waals surface area contributed by atoms with Crippen LogP contribution in [0, 0.1) is 5.82 Å². The molecule has 130 valence electrons. The topological polar surface area (TPSA) is 76.7 Å². The molecule has 7 heteroatoms. The highest BCUT2D eigenvalue weighted by Crippen LogP contribution is 2.30. The molecule has 2 amide bonds. The lowest BCUT2D eigenvalue weighted by Gasteiger charge is -2.26. The van der Waals surface area contributed by atoms with Crippen LogP contribution in [-0.4, -0.2) is 37.6 Å². The summed E-state index contributed by atoms with van der Waals surface area (Å²) in [6.07, 6.45) is -0.299. The molecule has 1 aliphatic rings. The molecule has 25 heavy (non-hydrogen) atoms. The number of hydrogen-bond donors (Lipinski definition) is 2. The molecule has 2 N–H and O–H groups in total. The van der Waals surface area contributed by atoms with Gasteiger partial charge in [-0.05, 0) is 36.4 Å². The van der Waals surface area contributed by atoms with Gasteiger partial charge in [-0.1, -0.05) is 12.1 Å². The minimum Gasteiger partial charge on any atom is -0.486 e. The summed E-state index contributed by atoms with van der Waals surface area (Å²) < 4.78 is 24.1. The van der Waals surface area contributed by atoms with Crippen LogP contribution < -0.4 is 20.1 Å². The highest BCUT2D eigenvalue weighted by atomic mass is 19.1. The lowest BCUT2D eigenvalue weighted by molar-refractivity contribution is -0.120. The third-order valence-electron chi connectivity index (χ3n) is 3.61. The van der Waals surface area contributed by atoms with Gasteiger partial charge < -0.3 is 20.1 Å². The van der Waals surface area contributed by atoms with Crippen LogP contribution in [0.15, 0.2) is 48.5 Å². The summed E-state index contributed by atoms with van der Waals surface area (Å²) in [7, 11) is 0. The van der Waals surface area contributed by atoms with Crippen molar-refractivity contribution in [2.24, 2.45) is 0 Å². The molecule has 1 unspecified atom stereocenters. The van der Waals surface area contributed by atoms with Gasteiger partial charge in [0.15, 0.2) is 11.5 Å². The molecule has 2 aromatic rings. The zero-order valence-electron chi connectivity index (χ0n) is 13.3. The molecule has 1 aliphatic heterocycles. The zero-order chi connectivity index (χ0) is 17.6. The predicted octanol–water partition coefficient (Wildman–Crippen LogP) is 1.51. The average Bonchev–Trinajstić information content (AvgIpc) is 2.65. The molecule has 0 fully saturated rings. The van der Waals surface area contributed by atoms with Crippen LogP contribution in [0.25, 0.3) is 0 Å². The van der Waals surface area contributed by atoms with E-state index in [1.807, 2.05) is 18.2 Å². The van der Waals surface area contributed by atoms with Crippen molar-refractivity contribution in [3.05, 3.63) is 59.9 Å². The fourth-order valence-corrected chi connectivity index (χ4v) is 2.32. The first kappa shape index (κ1) is 16.8. The fraction of sp³-hybridized carbons (Fsp3) is 0.222. The lowest BCUT2D eigenvalue weighted by Crippen LogP contribution is -2.44. The van der Waals surface area contributed by atoms with Crippen molar-refractivity contribution in [1.82, 2.24) is 10.6 Å². The van der Waals surface area contributed by atoms with Crippen LogP contribution in [0.5, 0.6) is 11.5 Å².